The van der Waals surface area contributed by atoms with Crippen molar-refractivity contribution in [3.8, 4) is 6.07 Å². The maximum absolute atomic E-state index is 9.11. The molecule has 0 fully saturated rings. The summed E-state index contributed by atoms with van der Waals surface area (Å²) < 4.78 is 0. The monoisotopic (exact) mass is 405 g/mol. The van der Waals surface area contributed by atoms with Crippen LogP contribution in [0.3, 0.4) is 0 Å². The second-order valence-electron chi connectivity index (χ2n) is 7.95. The van der Waals surface area contributed by atoms with Gasteiger partial charge in [-0.2, -0.15) is 5.26 Å². The number of aromatic nitrogens is 1. The summed E-state index contributed by atoms with van der Waals surface area (Å²) in [5.41, 5.74) is 9.18. The van der Waals surface area contributed by atoms with Gasteiger partial charge in [-0.05, 0) is 84.3 Å². The summed E-state index contributed by atoms with van der Waals surface area (Å²) in [4.78, 5) is 8.23. The van der Waals surface area contributed by atoms with Crippen LogP contribution in [0.1, 0.15) is 47.2 Å². The van der Waals surface area contributed by atoms with E-state index in [4.69, 9.17) is 10.3 Å². The van der Waals surface area contributed by atoms with Crippen LogP contribution in [0.15, 0.2) is 77.9 Å². The maximum Gasteiger partial charge on any atom is 0.0991 e. The van der Waals surface area contributed by atoms with E-state index in [0.29, 0.717) is 5.56 Å². The lowest BCUT2D eigenvalue weighted by molar-refractivity contribution is 0.974. The van der Waals surface area contributed by atoms with E-state index < -0.39 is 0 Å². The fourth-order valence-corrected chi connectivity index (χ4v) is 3.98. The van der Waals surface area contributed by atoms with Crippen molar-refractivity contribution >= 4 is 16.6 Å². The molecule has 3 aromatic carbocycles. The number of rotatable bonds is 7. The van der Waals surface area contributed by atoms with Gasteiger partial charge in [-0.25, -0.2) is 0 Å². The summed E-state index contributed by atoms with van der Waals surface area (Å²) in [5, 5.41) is 10.4. The van der Waals surface area contributed by atoms with Crippen LogP contribution in [0.4, 0.5) is 0 Å². The Morgan fingerprint density at radius 2 is 1.77 bits per heavy atom. The number of aryl methyl sites for hydroxylation is 1. The molecule has 3 heteroatoms. The highest BCUT2D eigenvalue weighted by molar-refractivity contribution is 5.98. The largest absolute Gasteiger partial charge is 0.361 e. The Kier molecular flexibility index (Phi) is 6.29. The Balaban J connectivity index is 1.45. The molecule has 3 nitrogen and oxygen atoms in total. The summed E-state index contributed by atoms with van der Waals surface area (Å²) >= 11 is 0. The lowest BCUT2D eigenvalue weighted by atomic mass is 10.00. The van der Waals surface area contributed by atoms with Crippen LogP contribution >= 0.6 is 0 Å². The van der Waals surface area contributed by atoms with Gasteiger partial charge in [0.05, 0.1) is 11.6 Å². The van der Waals surface area contributed by atoms with E-state index in [1.807, 2.05) is 18.2 Å². The van der Waals surface area contributed by atoms with Gasteiger partial charge in [0.25, 0.3) is 0 Å². The van der Waals surface area contributed by atoms with Crippen LogP contribution in [0.5, 0.6) is 0 Å². The molecule has 4 aromatic rings. The molecule has 0 saturated carbocycles. The lowest BCUT2D eigenvalue weighted by Gasteiger charge is -2.07. The first-order valence-corrected chi connectivity index (χ1v) is 10.8. The number of H-pyrrole nitrogens is 1. The molecule has 0 radical (unpaired) electrons. The van der Waals surface area contributed by atoms with E-state index in [-0.39, 0.29) is 0 Å². The van der Waals surface area contributed by atoms with Crippen LogP contribution < -0.4 is 0 Å². The van der Waals surface area contributed by atoms with E-state index in [0.717, 1.165) is 42.6 Å². The fraction of sp³-hybridized carbons (Fsp3) is 0.214. The lowest BCUT2D eigenvalue weighted by Crippen LogP contribution is -2.00. The maximum atomic E-state index is 9.11. The molecule has 0 unspecified atom stereocenters. The van der Waals surface area contributed by atoms with Crippen LogP contribution in [0, 0.1) is 11.3 Å². The summed E-state index contributed by atoms with van der Waals surface area (Å²) in [6.45, 7) is 5.04. The van der Waals surface area contributed by atoms with Crippen molar-refractivity contribution in [1.82, 2.24) is 4.98 Å². The Morgan fingerprint density at radius 3 is 2.58 bits per heavy atom. The summed E-state index contributed by atoms with van der Waals surface area (Å²) in [6, 6.07) is 25.2. The number of hydrogen-bond donors (Lipinski definition) is 1. The number of hydrogen-bond acceptors (Lipinski definition) is 2. The molecule has 1 aromatic heterocycles. The number of aliphatic imine (C=N–C) groups is 1. The molecule has 0 aliphatic rings. The number of fused-ring (bicyclic) bond motifs is 1. The molecule has 0 atom stereocenters. The molecule has 0 aliphatic carbocycles. The topological polar surface area (TPSA) is 51.9 Å². The van der Waals surface area contributed by atoms with Crippen LogP contribution in [0.25, 0.3) is 10.9 Å². The van der Waals surface area contributed by atoms with Gasteiger partial charge in [0.1, 0.15) is 0 Å². The molecular weight excluding hydrogens is 378 g/mol. The van der Waals surface area contributed by atoms with E-state index in [1.54, 1.807) is 0 Å². The fourth-order valence-electron chi connectivity index (χ4n) is 3.98. The number of nitriles is 1. The number of aromatic amines is 1. The average Bonchev–Trinajstić information content (AvgIpc) is 3.21. The molecule has 154 valence electrons. The first-order valence-electron chi connectivity index (χ1n) is 10.8. The molecule has 0 bridgehead atoms. The third-order valence-electron chi connectivity index (χ3n) is 5.78. The summed E-state index contributed by atoms with van der Waals surface area (Å²) in [7, 11) is 0. The van der Waals surface area contributed by atoms with Crippen molar-refractivity contribution in [1.29, 1.82) is 5.26 Å². The first-order chi connectivity index (χ1) is 15.2. The number of benzene rings is 3. The zero-order valence-electron chi connectivity index (χ0n) is 18.2. The highest BCUT2D eigenvalue weighted by Crippen LogP contribution is 2.21. The SMILES string of the molecule is CCc1ccc2[nH]cc(CCN=C(C)c3cccc(Cc4cccc(C#N)c4)c3)c2c1. The summed E-state index contributed by atoms with van der Waals surface area (Å²) in [5.74, 6) is 0. The van der Waals surface area contributed by atoms with Crippen LogP contribution in [-0.2, 0) is 19.3 Å². The van der Waals surface area contributed by atoms with Crippen molar-refractivity contribution in [2.45, 2.75) is 33.1 Å². The van der Waals surface area contributed by atoms with E-state index in [2.05, 4.69) is 79.6 Å². The number of nitrogens with zero attached hydrogens (tertiary/aromatic N) is 2. The van der Waals surface area contributed by atoms with Gasteiger partial charge in [0.15, 0.2) is 0 Å². The van der Waals surface area contributed by atoms with Gasteiger partial charge in [-0.3, -0.25) is 4.99 Å². The molecule has 0 aliphatic heterocycles. The van der Waals surface area contributed by atoms with Crippen molar-refractivity contribution in [3.05, 3.63) is 106 Å². The highest BCUT2D eigenvalue weighted by atomic mass is 14.7. The summed E-state index contributed by atoms with van der Waals surface area (Å²) in [6.07, 6.45) is 4.90. The Labute approximate surface area is 184 Å². The van der Waals surface area contributed by atoms with Gasteiger partial charge >= 0.3 is 0 Å². The molecule has 1 heterocycles. The van der Waals surface area contributed by atoms with Crippen molar-refractivity contribution in [3.63, 3.8) is 0 Å². The van der Waals surface area contributed by atoms with Gasteiger partial charge in [-0.15, -0.1) is 0 Å². The second kappa shape index (κ2) is 9.45. The second-order valence-corrected chi connectivity index (χ2v) is 7.95. The normalized spacial score (nSPS) is 11.6. The predicted octanol–water partition coefficient (Wildman–Crippen LogP) is 6.24. The van der Waals surface area contributed by atoms with Crippen molar-refractivity contribution < 1.29 is 0 Å². The molecule has 1 N–H and O–H groups in total. The smallest absolute Gasteiger partial charge is 0.0991 e. The van der Waals surface area contributed by atoms with E-state index in [1.165, 1.54) is 27.6 Å². The minimum Gasteiger partial charge on any atom is -0.361 e. The van der Waals surface area contributed by atoms with E-state index >= 15 is 0 Å². The molecule has 31 heavy (non-hydrogen) atoms. The molecule has 4 rings (SSSR count). The van der Waals surface area contributed by atoms with Gasteiger partial charge in [0, 0.05) is 29.4 Å². The zero-order valence-corrected chi connectivity index (χ0v) is 18.2. The van der Waals surface area contributed by atoms with Crippen molar-refractivity contribution in [2.24, 2.45) is 4.99 Å². The quantitative estimate of drug-likeness (QED) is 0.363. The molecule has 0 spiro atoms. The standard InChI is InChI=1S/C28H27N3/c1-3-21-10-11-28-27(17-21)26(19-31-28)12-13-30-20(2)25-9-5-7-23(16-25)14-22-6-4-8-24(15-22)18-29/h4-11,15-17,19,31H,3,12-14H2,1-2H3. The van der Waals surface area contributed by atoms with Crippen LogP contribution in [-0.4, -0.2) is 17.2 Å². The third kappa shape index (κ3) is 4.92. The molecule has 0 amide bonds. The first kappa shape index (κ1) is 20.6. The Hall–Kier alpha value is -3.64. The predicted molar refractivity (Wildman–Crippen MR) is 129 cm³/mol. The van der Waals surface area contributed by atoms with Gasteiger partial charge < -0.3 is 4.98 Å². The zero-order chi connectivity index (χ0) is 21.6. The molecule has 0 saturated heterocycles. The Bertz CT molecular complexity index is 1270. The minimum absolute atomic E-state index is 0.703. The number of nitrogens with one attached hydrogen (secondary N) is 1. The third-order valence-corrected chi connectivity index (χ3v) is 5.78. The van der Waals surface area contributed by atoms with Crippen LogP contribution in [0.2, 0.25) is 0 Å². The molecular formula is C28H27N3. The van der Waals surface area contributed by atoms with Crippen molar-refractivity contribution in [2.75, 3.05) is 6.54 Å². The minimum atomic E-state index is 0.703. The highest BCUT2D eigenvalue weighted by Gasteiger charge is 2.05. The Morgan fingerprint density at radius 1 is 0.968 bits per heavy atom. The van der Waals surface area contributed by atoms with E-state index in [9.17, 15) is 0 Å². The average molecular weight is 406 g/mol. The van der Waals surface area contributed by atoms with Gasteiger partial charge in [-0.1, -0.05) is 43.3 Å². The van der Waals surface area contributed by atoms with Gasteiger partial charge in [0.2, 0.25) is 0 Å².